The first kappa shape index (κ1) is 19.4. The van der Waals surface area contributed by atoms with Gasteiger partial charge in [0.25, 0.3) is 0 Å². The lowest BCUT2D eigenvalue weighted by molar-refractivity contribution is -0.116. The smallest absolute Gasteiger partial charge is 0.244 e. The summed E-state index contributed by atoms with van der Waals surface area (Å²) in [6.45, 7) is 3.18. The number of carbonyl (C=O) groups excluding carboxylic acids is 1. The van der Waals surface area contributed by atoms with Crippen molar-refractivity contribution >= 4 is 23.6 Å². The average Bonchev–Trinajstić information content (AvgIpc) is 3.26. The minimum absolute atomic E-state index is 0.235. The summed E-state index contributed by atoms with van der Waals surface area (Å²) in [4.78, 5) is 16.8. The van der Waals surface area contributed by atoms with Gasteiger partial charge in [0.05, 0.1) is 23.6 Å². The highest BCUT2D eigenvalue weighted by atomic mass is 35.5. The Morgan fingerprint density at radius 3 is 2.86 bits per heavy atom. The molecule has 1 aliphatic rings. The fourth-order valence-corrected chi connectivity index (χ4v) is 3.74. The zero-order chi connectivity index (χ0) is 20.4. The number of hydrogen-bond donors (Lipinski definition) is 1. The van der Waals surface area contributed by atoms with Crippen LogP contribution < -0.4 is 5.32 Å². The number of nitrogens with one attached hydrogen (secondary N) is 1. The third kappa shape index (κ3) is 4.24. The molecule has 0 aliphatic carbocycles. The molecule has 1 aliphatic heterocycles. The Bertz CT molecular complexity index is 1040. The minimum atomic E-state index is -0.330. The maximum Gasteiger partial charge on any atom is 0.244 e. The molecule has 29 heavy (non-hydrogen) atoms. The molecule has 8 heteroatoms. The maximum absolute atomic E-state index is 13.1. The van der Waals surface area contributed by atoms with Crippen LogP contribution in [0.2, 0.25) is 5.15 Å². The van der Waals surface area contributed by atoms with Gasteiger partial charge in [-0.1, -0.05) is 11.6 Å². The molecular formula is C21H21ClFN5O. The number of rotatable bonds is 5. The van der Waals surface area contributed by atoms with Crippen molar-refractivity contribution < 1.29 is 9.18 Å². The van der Waals surface area contributed by atoms with Crippen LogP contribution in [0.3, 0.4) is 0 Å². The van der Waals surface area contributed by atoms with E-state index in [1.54, 1.807) is 25.1 Å². The van der Waals surface area contributed by atoms with Gasteiger partial charge in [-0.25, -0.2) is 14.1 Å². The summed E-state index contributed by atoms with van der Waals surface area (Å²) in [6, 6.07) is 5.88. The van der Waals surface area contributed by atoms with Crippen molar-refractivity contribution in [2.45, 2.75) is 39.3 Å². The molecule has 4 rings (SSSR count). The maximum atomic E-state index is 13.1. The van der Waals surface area contributed by atoms with E-state index in [-0.39, 0.29) is 11.7 Å². The molecule has 0 spiro atoms. The molecule has 0 atom stereocenters. The summed E-state index contributed by atoms with van der Waals surface area (Å²) in [6.07, 6.45) is 8.40. The third-order valence-electron chi connectivity index (χ3n) is 4.92. The monoisotopic (exact) mass is 413 g/mol. The fourth-order valence-electron chi connectivity index (χ4n) is 3.41. The Morgan fingerprint density at radius 1 is 1.31 bits per heavy atom. The van der Waals surface area contributed by atoms with E-state index in [0.717, 1.165) is 30.9 Å². The van der Waals surface area contributed by atoms with Crippen molar-refractivity contribution in [2.75, 3.05) is 0 Å². The Balaban J connectivity index is 1.42. The van der Waals surface area contributed by atoms with Crippen LogP contribution in [-0.2, 0) is 24.3 Å². The molecular weight excluding hydrogens is 393 g/mol. The molecule has 6 nitrogen and oxygen atoms in total. The predicted molar refractivity (Wildman–Crippen MR) is 109 cm³/mol. The summed E-state index contributed by atoms with van der Waals surface area (Å²) < 4.78 is 16.8. The highest BCUT2D eigenvalue weighted by Crippen LogP contribution is 2.24. The minimum Gasteiger partial charge on any atom is -0.347 e. The molecule has 0 saturated carbocycles. The number of fused-ring (bicyclic) bond motifs is 1. The first-order valence-electron chi connectivity index (χ1n) is 9.53. The van der Waals surface area contributed by atoms with E-state index in [1.165, 1.54) is 29.3 Å². The number of aryl methyl sites for hydroxylation is 3. The molecule has 0 radical (unpaired) electrons. The van der Waals surface area contributed by atoms with Crippen molar-refractivity contribution in [3.63, 3.8) is 0 Å². The van der Waals surface area contributed by atoms with E-state index in [1.807, 2.05) is 6.20 Å². The third-order valence-corrected chi connectivity index (χ3v) is 5.29. The second-order valence-electron chi connectivity index (χ2n) is 7.03. The van der Waals surface area contributed by atoms with E-state index in [0.29, 0.717) is 28.6 Å². The zero-order valence-electron chi connectivity index (χ0n) is 16.0. The van der Waals surface area contributed by atoms with E-state index < -0.39 is 0 Å². The van der Waals surface area contributed by atoms with Crippen LogP contribution in [0.15, 0.2) is 36.5 Å². The number of amides is 1. The van der Waals surface area contributed by atoms with Gasteiger partial charge in [0, 0.05) is 30.8 Å². The number of nitrogens with zero attached hydrogens (tertiary/aromatic N) is 4. The number of hydrogen-bond acceptors (Lipinski definition) is 3. The van der Waals surface area contributed by atoms with Gasteiger partial charge in [-0.2, -0.15) is 5.10 Å². The summed E-state index contributed by atoms with van der Waals surface area (Å²) in [5.41, 5.74) is 2.82. The highest BCUT2D eigenvalue weighted by Gasteiger charge is 2.14. The lowest BCUT2D eigenvalue weighted by Crippen LogP contribution is -2.20. The lowest BCUT2D eigenvalue weighted by atomic mass is 10.2. The Labute approximate surface area is 173 Å². The summed E-state index contributed by atoms with van der Waals surface area (Å²) >= 11 is 6.43. The largest absolute Gasteiger partial charge is 0.347 e. The van der Waals surface area contributed by atoms with Gasteiger partial charge in [0.15, 0.2) is 0 Å². The summed E-state index contributed by atoms with van der Waals surface area (Å²) in [5, 5.41) is 7.59. The van der Waals surface area contributed by atoms with Gasteiger partial charge in [-0.05, 0) is 50.1 Å². The van der Waals surface area contributed by atoms with E-state index in [4.69, 9.17) is 11.6 Å². The van der Waals surface area contributed by atoms with E-state index in [2.05, 4.69) is 20.0 Å². The van der Waals surface area contributed by atoms with Crippen LogP contribution >= 0.6 is 11.6 Å². The molecule has 1 amide bonds. The first-order valence-corrected chi connectivity index (χ1v) is 9.91. The highest BCUT2D eigenvalue weighted by molar-refractivity contribution is 6.31. The number of carbonyl (C=O) groups is 1. The second kappa shape index (κ2) is 8.21. The molecule has 0 saturated heterocycles. The van der Waals surface area contributed by atoms with Gasteiger partial charge >= 0.3 is 0 Å². The topological polar surface area (TPSA) is 64.7 Å². The van der Waals surface area contributed by atoms with Gasteiger partial charge in [-0.15, -0.1) is 0 Å². The first-order chi connectivity index (χ1) is 14.0. The molecule has 150 valence electrons. The lowest BCUT2D eigenvalue weighted by Gasteiger charge is -2.11. The molecule has 1 N–H and O–H groups in total. The molecule has 0 unspecified atom stereocenters. The Morgan fingerprint density at radius 2 is 2.10 bits per heavy atom. The van der Waals surface area contributed by atoms with Gasteiger partial charge < -0.3 is 9.88 Å². The van der Waals surface area contributed by atoms with Crippen molar-refractivity contribution in [1.82, 2.24) is 24.6 Å². The Kier molecular flexibility index (Phi) is 5.49. The van der Waals surface area contributed by atoms with Crippen LogP contribution in [-0.4, -0.2) is 25.2 Å². The molecule has 0 bridgehead atoms. The SMILES string of the molecule is Cc1nn(-c2ccc(F)cc2)c(Cl)c1/C=C/C(=O)NCc1cn2c(n1)CCCC2. The quantitative estimate of drug-likeness (QED) is 0.646. The normalized spacial score (nSPS) is 13.6. The standard InChI is InChI=1S/C21H21ClFN5O/c1-14-18(21(22)28(26-14)17-7-5-15(23)6-8-17)9-10-20(29)24-12-16-13-27-11-3-2-4-19(27)25-16/h5-10,13H,2-4,11-12H2,1H3,(H,24,29)/b10-9+. The zero-order valence-corrected chi connectivity index (χ0v) is 16.8. The molecule has 3 aromatic rings. The molecule has 0 fully saturated rings. The van der Waals surface area contributed by atoms with Gasteiger partial charge in [0.1, 0.15) is 16.8 Å². The molecule has 2 aromatic heterocycles. The van der Waals surface area contributed by atoms with Crippen LogP contribution in [0, 0.1) is 12.7 Å². The second-order valence-corrected chi connectivity index (χ2v) is 7.39. The van der Waals surface area contributed by atoms with Crippen LogP contribution in [0.4, 0.5) is 4.39 Å². The number of benzene rings is 1. The van der Waals surface area contributed by atoms with Gasteiger partial charge in [0.2, 0.25) is 5.91 Å². The van der Waals surface area contributed by atoms with E-state index >= 15 is 0 Å². The van der Waals surface area contributed by atoms with Crippen molar-refractivity contribution in [3.8, 4) is 5.69 Å². The summed E-state index contributed by atoms with van der Waals surface area (Å²) in [5.74, 6) is 0.525. The number of aromatic nitrogens is 4. The van der Waals surface area contributed by atoms with Crippen LogP contribution in [0.5, 0.6) is 0 Å². The van der Waals surface area contributed by atoms with E-state index in [9.17, 15) is 9.18 Å². The van der Waals surface area contributed by atoms with Crippen molar-refractivity contribution in [2.24, 2.45) is 0 Å². The predicted octanol–water partition coefficient (Wildman–Crippen LogP) is 3.84. The number of imidazole rings is 1. The molecule has 3 heterocycles. The summed E-state index contributed by atoms with van der Waals surface area (Å²) in [7, 11) is 0. The van der Waals surface area contributed by atoms with Crippen molar-refractivity contribution in [3.05, 3.63) is 70.3 Å². The average molecular weight is 414 g/mol. The Hall–Kier alpha value is -2.93. The van der Waals surface area contributed by atoms with Crippen LogP contribution in [0.25, 0.3) is 11.8 Å². The van der Waals surface area contributed by atoms with Crippen LogP contribution in [0.1, 0.15) is 35.6 Å². The number of halogens is 2. The van der Waals surface area contributed by atoms with Crippen molar-refractivity contribution in [1.29, 1.82) is 0 Å². The van der Waals surface area contributed by atoms with Gasteiger partial charge in [-0.3, -0.25) is 4.79 Å². The fraction of sp³-hybridized carbons (Fsp3) is 0.286. The molecule has 1 aromatic carbocycles.